The van der Waals surface area contributed by atoms with Crippen molar-refractivity contribution in [1.29, 1.82) is 0 Å². The number of hydrogen-bond acceptors (Lipinski definition) is 3. The number of methoxy groups -OCH3 is 1. The molecular weight excluding hydrogens is 252 g/mol. The van der Waals surface area contributed by atoms with Crippen molar-refractivity contribution in [2.45, 2.75) is 37.5 Å². The van der Waals surface area contributed by atoms with Crippen molar-refractivity contribution in [2.24, 2.45) is 0 Å². The Bertz CT molecular complexity index is 347. The van der Waals surface area contributed by atoms with Gasteiger partial charge in [0.25, 0.3) is 0 Å². The topological polar surface area (TPSA) is 99.1 Å². The highest BCUT2D eigenvalue weighted by atomic mass is 16.5. The minimum atomic E-state index is -1.11. The molecule has 0 aromatic carbocycles. The lowest BCUT2D eigenvalue weighted by Gasteiger charge is -2.38. The second-order valence-electron chi connectivity index (χ2n) is 4.59. The van der Waals surface area contributed by atoms with Crippen LogP contribution in [0.5, 0.6) is 0 Å². The second-order valence-corrected chi connectivity index (χ2v) is 4.59. The summed E-state index contributed by atoms with van der Waals surface area (Å²) in [6, 6.07) is -0.570. The summed E-state index contributed by atoms with van der Waals surface area (Å²) in [6.45, 7) is 3.76. The lowest BCUT2D eigenvalue weighted by Crippen LogP contribution is -2.51. The Morgan fingerprint density at radius 3 is 2.58 bits per heavy atom. The van der Waals surface area contributed by atoms with Crippen LogP contribution >= 0.6 is 0 Å². The van der Waals surface area contributed by atoms with Crippen LogP contribution in [0.15, 0.2) is 12.7 Å². The van der Waals surface area contributed by atoms with Crippen LogP contribution in [0.3, 0.4) is 0 Å². The summed E-state index contributed by atoms with van der Waals surface area (Å²) < 4.78 is 5.26. The highest BCUT2D eigenvalue weighted by molar-refractivity contribution is 5.66. The highest BCUT2D eigenvalue weighted by Gasteiger charge is 2.34. The second kappa shape index (κ2) is 6.98. The molecule has 1 rings (SSSR count). The Labute approximate surface area is 111 Å². The Morgan fingerprint density at radius 2 is 2.11 bits per heavy atom. The van der Waals surface area contributed by atoms with Gasteiger partial charge in [-0.2, -0.15) is 0 Å². The fraction of sp³-hybridized carbons (Fsp3) is 0.667. The average molecular weight is 272 g/mol. The van der Waals surface area contributed by atoms with Gasteiger partial charge in [0.15, 0.2) is 0 Å². The maximum Gasteiger partial charge on any atom is 0.407 e. The lowest BCUT2D eigenvalue weighted by molar-refractivity contribution is 0.0211. The minimum absolute atomic E-state index is 0.151. The van der Waals surface area contributed by atoms with Crippen LogP contribution < -0.4 is 5.32 Å². The van der Waals surface area contributed by atoms with Gasteiger partial charge in [-0.05, 0) is 19.3 Å². The average Bonchev–Trinajstić information content (AvgIpc) is 2.34. The van der Waals surface area contributed by atoms with E-state index in [0.717, 1.165) is 0 Å². The smallest absolute Gasteiger partial charge is 0.407 e. The molecule has 19 heavy (non-hydrogen) atoms. The number of nitrogens with one attached hydrogen (secondary N) is 1. The van der Waals surface area contributed by atoms with Gasteiger partial charge in [-0.15, -0.1) is 6.58 Å². The number of rotatable bonds is 5. The van der Waals surface area contributed by atoms with E-state index in [9.17, 15) is 14.7 Å². The molecule has 0 heterocycles. The van der Waals surface area contributed by atoms with Crippen molar-refractivity contribution in [2.75, 3.05) is 13.7 Å². The van der Waals surface area contributed by atoms with E-state index in [1.807, 2.05) is 0 Å². The van der Waals surface area contributed by atoms with Gasteiger partial charge in [0.1, 0.15) is 0 Å². The molecule has 1 saturated carbocycles. The van der Waals surface area contributed by atoms with Crippen molar-refractivity contribution < 1.29 is 24.5 Å². The largest absolute Gasteiger partial charge is 0.465 e. The molecule has 3 atom stereocenters. The van der Waals surface area contributed by atoms with E-state index in [1.54, 1.807) is 7.11 Å². The minimum Gasteiger partial charge on any atom is -0.465 e. The highest BCUT2D eigenvalue weighted by Crippen LogP contribution is 2.25. The summed E-state index contributed by atoms with van der Waals surface area (Å²) in [5.41, 5.74) is 0. The Hall–Kier alpha value is -1.76. The molecule has 3 N–H and O–H groups in total. The molecule has 2 amide bonds. The van der Waals surface area contributed by atoms with E-state index >= 15 is 0 Å². The van der Waals surface area contributed by atoms with Gasteiger partial charge in [-0.25, -0.2) is 9.59 Å². The van der Waals surface area contributed by atoms with Crippen molar-refractivity contribution in [3.63, 3.8) is 0 Å². The quantitative estimate of drug-likeness (QED) is 0.656. The Morgan fingerprint density at radius 1 is 1.42 bits per heavy atom. The molecule has 1 aliphatic carbocycles. The molecule has 0 aromatic heterocycles. The zero-order chi connectivity index (χ0) is 14.4. The fourth-order valence-corrected chi connectivity index (χ4v) is 2.50. The van der Waals surface area contributed by atoms with Crippen LogP contribution in [0.4, 0.5) is 9.59 Å². The first-order chi connectivity index (χ1) is 8.97. The predicted octanol–water partition coefficient (Wildman–Crippen LogP) is 1.36. The van der Waals surface area contributed by atoms with Gasteiger partial charge in [0, 0.05) is 25.7 Å². The molecule has 1 aliphatic rings. The summed E-state index contributed by atoms with van der Waals surface area (Å²) in [5.74, 6) is 0. The number of carboxylic acid groups (broad SMARTS) is 2. The molecule has 0 bridgehead atoms. The van der Waals surface area contributed by atoms with Gasteiger partial charge in [0.2, 0.25) is 0 Å². The van der Waals surface area contributed by atoms with Crippen LogP contribution in [-0.4, -0.2) is 59.1 Å². The molecule has 0 radical (unpaired) electrons. The van der Waals surface area contributed by atoms with Crippen LogP contribution in [0, 0.1) is 0 Å². The van der Waals surface area contributed by atoms with Crippen molar-refractivity contribution >= 4 is 12.2 Å². The third kappa shape index (κ3) is 4.44. The zero-order valence-electron chi connectivity index (χ0n) is 10.9. The van der Waals surface area contributed by atoms with Gasteiger partial charge >= 0.3 is 12.2 Å². The lowest BCUT2D eigenvalue weighted by atomic mass is 9.87. The van der Waals surface area contributed by atoms with Crippen LogP contribution in [0.2, 0.25) is 0 Å². The maximum atomic E-state index is 11.2. The normalized spacial score (nSPS) is 26.5. The van der Waals surface area contributed by atoms with Crippen LogP contribution in [-0.2, 0) is 4.74 Å². The summed E-state index contributed by atoms with van der Waals surface area (Å²) in [4.78, 5) is 23.2. The van der Waals surface area contributed by atoms with E-state index in [4.69, 9.17) is 9.84 Å². The van der Waals surface area contributed by atoms with E-state index in [2.05, 4.69) is 11.9 Å². The third-order valence-electron chi connectivity index (χ3n) is 3.31. The van der Waals surface area contributed by atoms with Crippen LogP contribution in [0.25, 0.3) is 0 Å². The molecule has 108 valence electrons. The number of nitrogens with zero attached hydrogens (tertiary/aromatic N) is 1. The summed E-state index contributed by atoms with van der Waals surface area (Å²) in [5, 5.41) is 20.4. The molecular formula is C12H20N2O5. The van der Waals surface area contributed by atoms with E-state index in [1.165, 1.54) is 11.0 Å². The first kappa shape index (κ1) is 15.3. The first-order valence-corrected chi connectivity index (χ1v) is 6.10. The van der Waals surface area contributed by atoms with Gasteiger partial charge in [-0.3, -0.25) is 0 Å². The maximum absolute atomic E-state index is 11.2. The molecule has 0 spiro atoms. The number of carbonyl (C=O) groups is 2. The Balaban J connectivity index is 2.76. The third-order valence-corrected chi connectivity index (χ3v) is 3.31. The monoisotopic (exact) mass is 272 g/mol. The van der Waals surface area contributed by atoms with Crippen molar-refractivity contribution in [3.8, 4) is 0 Å². The molecule has 1 fully saturated rings. The summed E-state index contributed by atoms with van der Waals surface area (Å²) >= 11 is 0. The van der Waals surface area contributed by atoms with E-state index in [-0.39, 0.29) is 24.7 Å². The van der Waals surface area contributed by atoms with Crippen molar-refractivity contribution in [3.05, 3.63) is 12.7 Å². The molecule has 0 unspecified atom stereocenters. The van der Waals surface area contributed by atoms with Gasteiger partial charge in [0.05, 0.1) is 6.10 Å². The Kier molecular flexibility index (Phi) is 5.62. The number of ether oxygens (including phenoxy) is 1. The molecule has 0 aliphatic heterocycles. The van der Waals surface area contributed by atoms with E-state index < -0.39 is 12.2 Å². The van der Waals surface area contributed by atoms with Gasteiger partial charge < -0.3 is 25.2 Å². The molecule has 0 aromatic rings. The van der Waals surface area contributed by atoms with Gasteiger partial charge in [-0.1, -0.05) is 6.08 Å². The van der Waals surface area contributed by atoms with Crippen LogP contribution in [0.1, 0.15) is 19.3 Å². The predicted molar refractivity (Wildman–Crippen MR) is 68.3 cm³/mol. The molecule has 0 saturated heterocycles. The van der Waals surface area contributed by atoms with Crippen molar-refractivity contribution in [1.82, 2.24) is 10.2 Å². The molecule has 7 heteroatoms. The zero-order valence-corrected chi connectivity index (χ0v) is 10.9. The number of amides is 2. The van der Waals surface area contributed by atoms with E-state index in [0.29, 0.717) is 19.3 Å². The molecule has 7 nitrogen and oxygen atoms in total. The first-order valence-electron chi connectivity index (χ1n) is 6.10. The fourth-order valence-electron chi connectivity index (χ4n) is 2.50. The standard InChI is InChI=1S/C12H20N2O5/c1-3-4-14(12(17)18)9-5-8(13-11(15)16)6-10(7-9)19-2/h3,8-10,13H,1,4-7H2,2H3,(H,15,16)(H,17,18)/t8-,9+,10-/m0/s1. The SMILES string of the molecule is C=CCN(C(=O)O)[C@@H]1C[C@H](NC(=O)O)C[C@H](OC)C1. The summed E-state index contributed by atoms with van der Waals surface area (Å²) in [6.07, 6.45) is 0.801. The number of hydrogen-bond donors (Lipinski definition) is 3. The summed E-state index contributed by atoms with van der Waals surface area (Å²) in [7, 11) is 1.55.